The number of rotatable bonds is 7. The monoisotopic (exact) mass is 440 g/mol. The lowest BCUT2D eigenvalue weighted by atomic mass is 10.0. The molecule has 2 rings (SSSR count). The van der Waals surface area contributed by atoms with E-state index in [1.807, 2.05) is 19.9 Å². The molecule has 0 saturated heterocycles. The van der Waals surface area contributed by atoms with Gasteiger partial charge in [-0.05, 0) is 75.1 Å². The Bertz CT molecular complexity index is 1110. The normalized spacial score (nSPS) is 12.3. The van der Waals surface area contributed by atoms with E-state index in [1.165, 1.54) is 32.3 Å². The maximum Gasteiger partial charge on any atom is 0.262 e. The summed E-state index contributed by atoms with van der Waals surface area (Å²) in [5.41, 5.74) is 3.21. The molecule has 0 heterocycles. The smallest absolute Gasteiger partial charge is 0.262 e. The second-order valence-electron chi connectivity index (χ2n) is 7.08. The first kappa shape index (κ1) is 23.2. The molecule has 2 aromatic rings. The van der Waals surface area contributed by atoms with Gasteiger partial charge in [0, 0.05) is 14.1 Å². The van der Waals surface area contributed by atoms with Gasteiger partial charge >= 0.3 is 0 Å². The van der Waals surface area contributed by atoms with Gasteiger partial charge in [0.15, 0.2) is 0 Å². The number of hydrogen-bond donors (Lipinski definition) is 1. The Kier molecular flexibility index (Phi) is 6.66. The van der Waals surface area contributed by atoms with E-state index >= 15 is 0 Å². The number of sulfonamides is 2. The van der Waals surface area contributed by atoms with Crippen molar-refractivity contribution in [1.82, 2.24) is 4.31 Å². The summed E-state index contributed by atoms with van der Waals surface area (Å²) in [7, 11) is -4.94. The molecule has 0 spiro atoms. The first-order valence-electron chi connectivity index (χ1n) is 9.12. The summed E-state index contributed by atoms with van der Waals surface area (Å²) in [6.45, 7) is 9.27. The van der Waals surface area contributed by atoms with Crippen molar-refractivity contribution in [3.05, 3.63) is 46.5 Å². The van der Waals surface area contributed by atoms with E-state index in [2.05, 4.69) is 4.72 Å². The minimum atomic E-state index is -3.93. The highest BCUT2D eigenvalue weighted by atomic mass is 32.2. The molecular weight excluding hydrogens is 412 g/mol. The Morgan fingerprint density at radius 1 is 0.931 bits per heavy atom. The fraction of sp³-hybridized carbons (Fsp3) is 0.400. The van der Waals surface area contributed by atoms with Crippen LogP contribution in [-0.2, 0) is 20.0 Å². The van der Waals surface area contributed by atoms with Crippen LogP contribution < -0.4 is 9.46 Å². The molecule has 29 heavy (non-hydrogen) atoms. The first-order valence-corrected chi connectivity index (χ1v) is 12.0. The Labute approximate surface area is 173 Å². The van der Waals surface area contributed by atoms with Crippen LogP contribution in [0.15, 0.2) is 34.1 Å². The Morgan fingerprint density at radius 3 is 1.97 bits per heavy atom. The van der Waals surface area contributed by atoms with Crippen molar-refractivity contribution >= 4 is 25.7 Å². The molecule has 0 saturated carbocycles. The van der Waals surface area contributed by atoms with Gasteiger partial charge in [-0.3, -0.25) is 4.72 Å². The van der Waals surface area contributed by atoms with Crippen LogP contribution in [-0.4, -0.2) is 41.8 Å². The standard InChI is InChI=1S/C20H28N2O5S2/c1-8-27-18-10-9-17(12-19(18)29(25,26)22(6)7)21-28(23,24)20-15(4)13(2)11-14(3)16(20)5/h9-12,21H,8H2,1-7H3. The highest BCUT2D eigenvalue weighted by Gasteiger charge is 2.26. The number of anilines is 1. The van der Waals surface area contributed by atoms with Gasteiger partial charge < -0.3 is 4.74 Å². The number of ether oxygens (including phenoxy) is 1. The van der Waals surface area contributed by atoms with Crippen molar-refractivity contribution < 1.29 is 21.6 Å². The summed E-state index contributed by atoms with van der Waals surface area (Å²) >= 11 is 0. The summed E-state index contributed by atoms with van der Waals surface area (Å²) in [4.78, 5) is 0.110. The number of nitrogens with one attached hydrogen (secondary N) is 1. The van der Waals surface area contributed by atoms with Crippen LogP contribution in [0.2, 0.25) is 0 Å². The van der Waals surface area contributed by atoms with Crippen LogP contribution in [0.4, 0.5) is 5.69 Å². The molecule has 2 aromatic carbocycles. The number of benzene rings is 2. The second kappa shape index (κ2) is 8.33. The predicted molar refractivity (Wildman–Crippen MR) is 115 cm³/mol. The molecule has 1 N–H and O–H groups in total. The Morgan fingerprint density at radius 2 is 1.48 bits per heavy atom. The molecule has 0 aliphatic rings. The molecule has 0 aromatic heterocycles. The van der Waals surface area contributed by atoms with Gasteiger partial charge in [0.1, 0.15) is 10.6 Å². The molecule has 0 atom stereocenters. The van der Waals surface area contributed by atoms with Crippen molar-refractivity contribution in [3.63, 3.8) is 0 Å². The molecule has 0 radical (unpaired) electrons. The molecule has 0 bridgehead atoms. The summed E-state index contributed by atoms with van der Waals surface area (Å²) < 4.78 is 60.7. The van der Waals surface area contributed by atoms with Crippen molar-refractivity contribution in [3.8, 4) is 5.75 Å². The first-order chi connectivity index (χ1) is 13.3. The molecule has 0 aliphatic heterocycles. The summed E-state index contributed by atoms with van der Waals surface area (Å²) in [6, 6.07) is 6.18. The largest absolute Gasteiger partial charge is 0.492 e. The SMILES string of the molecule is CCOc1ccc(NS(=O)(=O)c2c(C)c(C)cc(C)c2C)cc1S(=O)(=O)N(C)C. The van der Waals surface area contributed by atoms with Crippen LogP contribution in [0.1, 0.15) is 29.2 Å². The number of aryl methyl sites for hydroxylation is 2. The number of hydrogen-bond acceptors (Lipinski definition) is 5. The van der Waals surface area contributed by atoms with Crippen molar-refractivity contribution in [2.24, 2.45) is 0 Å². The van der Waals surface area contributed by atoms with Crippen LogP contribution in [0.5, 0.6) is 5.75 Å². The van der Waals surface area contributed by atoms with Gasteiger partial charge in [-0.1, -0.05) is 6.07 Å². The second-order valence-corrected chi connectivity index (χ2v) is 10.8. The fourth-order valence-corrected chi connectivity index (χ4v) is 5.75. The molecular formula is C20H28N2O5S2. The Hall–Kier alpha value is -2.10. The van der Waals surface area contributed by atoms with Crippen LogP contribution in [0.3, 0.4) is 0 Å². The lowest BCUT2D eigenvalue weighted by Gasteiger charge is -2.19. The average molecular weight is 441 g/mol. The van der Waals surface area contributed by atoms with Gasteiger partial charge in [-0.2, -0.15) is 0 Å². The fourth-order valence-electron chi connectivity index (χ4n) is 3.03. The van der Waals surface area contributed by atoms with Gasteiger partial charge in [-0.15, -0.1) is 0 Å². The Balaban J connectivity index is 2.61. The minimum absolute atomic E-state index is 0.0987. The minimum Gasteiger partial charge on any atom is -0.492 e. The van der Waals surface area contributed by atoms with Crippen molar-refractivity contribution in [1.29, 1.82) is 0 Å². The van der Waals surface area contributed by atoms with Gasteiger partial charge in [0.05, 0.1) is 17.2 Å². The summed E-state index contributed by atoms with van der Waals surface area (Å²) in [6.07, 6.45) is 0. The van der Waals surface area contributed by atoms with E-state index < -0.39 is 20.0 Å². The number of nitrogens with zero attached hydrogens (tertiary/aromatic N) is 1. The quantitative estimate of drug-likeness (QED) is 0.713. The third-order valence-electron chi connectivity index (χ3n) is 4.82. The molecule has 0 fully saturated rings. The zero-order valence-electron chi connectivity index (χ0n) is 17.8. The van der Waals surface area contributed by atoms with Gasteiger partial charge in [0.25, 0.3) is 10.0 Å². The molecule has 0 unspecified atom stereocenters. The molecule has 160 valence electrons. The van der Waals surface area contributed by atoms with Crippen molar-refractivity contribution in [2.45, 2.75) is 44.4 Å². The molecule has 7 nitrogen and oxygen atoms in total. The predicted octanol–water partition coefficient (Wildman–Crippen LogP) is 3.37. The van der Waals surface area contributed by atoms with Gasteiger partial charge in [0.2, 0.25) is 10.0 Å². The summed E-state index contributed by atoms with van der Waals surface area (Å²) in [5, 5.41) is 0. The van der Waals surface area contributed by atoms with E-state index in [9.17, 15) is 16.8 Å². The molecule has 9 heteroatoms. The van der Waals surface area contributed by atoms with E-state index in [1.54, 1.807) is 20.8 Å². The van der Waals surface area contributed by atoms with Crippen LogP contribution >= 0.6 is 0 Å². The van der Waals surface area contributed by atoms with E-state index in [0.29, 0.717) is 11.1 Å². The third kappa shape index (κ3) is 4.57. The lowest BCUT2D eigenvalue weighted by molar-refractivity contribution is 0.330. The highest BCUT2D eigenvalue weighted by molar-refractivity contribution is 7.92. The topological polar surface area (TPSA) is 92.8 Å². The van der Waals surface area contributed by atoms with E-state index in [-0.39, 0.29) is 27.8 Å². The zero-order valence-corrected chi connectivity index (χ0v) is 19.5. The van der Waals surface area contributed by atoms with Gasteiger partial charge in [-0.25, -0.2) is 21.1 Å². The van der Waals surface area contributed by atoms with Crippen LogP contribution in [0.25, 0.3) is 0 Å². The molecule has 0 aliphatic carbocycles. The van der Waals surface area contributed by atoms with E-state index in [0.717, 1.165) is 15.4 Å². The average Bonchev–Trinajstić information content (AvgIpc) is 2.61. The maximum absolute atomic E-state index is 13.2. The summed E-state index contributed by atoms with van der Waals surface area (Å²) in [5.74, 6) is 0.169. The van der Waals surface area contributed by atoms with Crippen molar-refractivity contribution in [2.75, 3.05) is 25.4 Å². The highest BCUT2D eigenvalue weighted by Crippen LogP contribution is 2.32. The lowest BCUT2D eigenvalue weighted by Crippen LogP contribution is -2.23. The van der Waals surface area contributed by atoms with Crippen LogP contribution in [0, 0.1) is 27.7 Å². The third-order valence-corrected chi connectivity index (χ3v) is 8.31. The maximum atomic E-state index is 13.2. The van der Waals surface area contributed by atoms with E-state index in [4.69, 9.17) is 4.74 Å². The molecule has 0 amide bonds. The zero-order chi connectivity index (χ0) is 22.1.